The third-order valence-electron chi connectivity index (χ3n) is 4.38. The first-order chi connectivity index (χ1) is 11.3. The Morgan fingerprint density at radius 3 is 2.92 bits per heavy atom. The molecule has 0 spiro atoms. The van der Waals surface area contributed by atoms with Crippen molar-refractivity contribution in [3.63, 3.8) is 0 Å². The van der Waals surface area contributed by atoms with Gasteiger partial charge in [0.25, 0.3) is 0 Å². The van der Waals surface area contributed by atoms with E-state index in [1.807, 2.05) is 0 Å². The minimum absolute atomic E-state index is 0.0571. The lowest BCUT2D eigenvalue weighted by atomic mass is 10.1. The van der Waals surface area contributed by atoms with Crippen LogP contribution in [0.25, 0.3) is 11.0 Å². The molecule has 0 radical (unpaired) electrons. The molecule has 0 bridgehead atoms. The lowest BCUT2D eigenvalue weighted by Gasteiger charge is -2.15. The van der Waals surface area contributed by atoms with E-state index in [9.17, 15) is 18.0 Å². The second-order valence-electron chi connectivity index (χ2n) is 6.04. The summed E-state index contributed by atoms with van der Waals surface area (Å²) in [5.74, 6) is 0.731. The number of benzene rings is 1. The topological polar surface area (TPSA) is 59.0 Å². The predicted octanol–water partition coefficient (Wildman–Crippen LogP) is 2.35. The summed E-state index contributed by atoms with van der Waals surface area (Å²) in [7, 11) is 1.79. The average Bonchev–Trinajstić information content (AvgIpc) is 2.69. The molecule has 0 unspecified atom stereocenters. The van der Waals surface area contributed by atoms with Crippen molar-refractivity contribution in [3.05, 3.63) is 29.6 Å². The molecule has 2 aromatic rings. The number of carbonyl (C=O) groups excluding carboxylic acids is 1. The number of nitrogens with one attached hydrogen (secondary N) is 2. The minimum atomic E-state index is -4.37. The van der Waals surface area contributed by atoms with Crippen molar-refractivity contribution in [2.75, 3.05) is 6.54 Å². The number of fused-ring (bicyclic) bond motifs is 1. The first-order valence-electron chi connectivity index (χ1n) is 7.87. The van der Waals surface area contributed by atoms with Crippen LogP contribution in [-0.2, 0) is 24.6 Å². The number of aryl methyl sites for hydroxylation is 1. The molecule has 5 nitrogen and oxygen atoms in total. The van der Waals surface area contributed by atoms with E-state index < -0.39 is 11.7 Å². The van der Waals surface area contributed by atoms with Crippen LogP contribution >= 0.6 is 0 Å². The molecule has 2 N–H and O–H groups in total. The second-order valence-corrected chi connectivity index (χ2v) is 6.04. The van der Waals surface area contributed by atoms with Gasteiger partial charge in [-0.25, -0.2) is 4.98 Å². The summed E-state index contributed by atoms with van der Waals surface area (Å²) in [4.78, 5) is 15.7. The molecule has 1 fully saturated rings. The Bertz CT molecular complexity index is 754. The molecule has 0 saturated carbocycles. The minimum Gasteiger partial charge on any atom is -0.356 e. The van der Waals surface area contributed by atoms with E-state index in [4.69, 9.17) is 0 Å². The van der Waals surface area contributed by atoms with E-state index in [1.165, 1.54) is 6.07 Å². The predicted molar refractivity (Wildman–Crippen MR) is 83.2 cm³/mol. The first kappa shape index (κ1) is 16.8. The van der Waals surface area contributed by atoms with E-state index in [1.54, 1.807) is 11.6 Å². The highest BCUT2D eigenvalue weighted by Gasteiger charge is 2.31. The van der Waals surface area contributed by atoms with Crippen molar-refractivity contribution in [1.29, 1.82) is 0 Å². The van der Waals surface area contributed by atoms with Gasteiger partial charge < -0.3 is 15.2 Å². The molecule has 1 aromatic carbocycles. The number of amides is 1. The third kappa shape index (κ3) is 3.53. The zero-order valence-corrected chi connectivity index (χ0v) is 13.3. The normalized spacial score (nSPS) is 19.3. The van der Waals surface area contributed by atoms with Gasteiger partial charge in [-0.2, -0.15) is 13.2 Å². The Kier molecular flexibility index (Phi) is 4.49. The summed E-state index contributed by atoms with van der Waals surface area (Å²) < 4.78 is 40.2. The number of aromatic nitrogens is 2. The standard InChI is InChI=1S/C16H19F3N4O/c1-23-13-4-2-10(16(17,18)19)8-12(13)22-14(23)9-21-11-3-5-15(24)20-7-6-11/h2,4,8,11,21H,3,5-7,9H2,1H3,(H,20,24)/t11-/m0/s1. The van der Waals surface area contributed by atoms with E-state index in [0.29, 0.717) is 36.4 Å². The number of hydrogen-bond acceptors (Lipinski definition) is 3. The molecule has 2 heterocycles. The molecule has 1 aliphatic rings. The molecular weight excluding hydrogens is 321 g/mol. The molecule has 24 heavy (non-hydrogen) atoms. The summed E-state index contributed by atoms with van der Waals surface area (Å²) >= 11 is 0. The van der Waals surface area contributed by atoms with Crippen LogP contribution in [0.15, 0.2) is 18.2 Å². The highest BCUT2D eigenvalue weighted by molar-refractivity contribution is 5.77. The van der Waals surface area contributed by atoms with Gasteiger partial charge in [-0.1, -0.05) is 0 Å². The Morgan fingerprint density at radius 1 is 1.38 bits per heavy atom. The molecule has 1 saturated heterocycles. The van der Waals surface area contributed by atoms with Crippen LogP contribution in [0.1, 0.15) is 30.7 Å². The van der Waals surface area contributed by atoms with E-state index >= 15 is 0 Å². The van der Waals surface area contributed by atoms with Crippen molar-refractivity contribution in [2.24, 2.45) is 7.05 Å². The molecule has 1 amide bonds. The largest absolute Gasteiger partial charge is 0.416 e. The van der Waals surface area contributed by atoms with Gasteiger partial charge in [0.15, 0.2) is 0 Å². The molecule has 1 atom stereocenters. The molecule has 130 valence electrons. The maximum atomic E-state index is 12.8. The van der Waals surface area contributed by atoms with Gasteiger partial charge in [-0.3, -0.25) is 4.79 Å². The number of alkyl halides is 3. The van der Waals surface area contributed by atoms with Gasteiger partial charge in [0.05, 0.1) is 23.1 Å². The van der Waals surface area contributed by atoms with Crippen molar-refractivity contribution < 1.29 is 18.0 Å². The van der Waals surface area contributed by atoms with Crippen LogP contribution in [0.5, 0.6) is 0 Å². The zero-order valence-electron chi connectivity index (χ0n) is 13.3. The van der Waals surface area contributed by atoms with Crippen LogP contribution in [-0.4, -0.2) is 28.0 Å². The highest BCUT2D eigenvalue weighted by Crippen LogP contribution is 2.31. The summed E-state index contributed by atoms with van der Waals surface area (Å²) in [6.07, 6.45) is -2.32. The molecule has 1 aromatic heterocycles. The van der Waals surface area contributed by atoms with Crippen molar-refractivity contribution >= 4 is 16.9 Å². The van der Waals surface area contributed by atoms with E-state index in [0.717, 1.165) is 25.0 Å². The Hall–Kier alpha value is -2.09. The lowest BCUT2D eigenvalue weighted by Crippen LogP contribution is -2.30. The van der Waals surface area contributed by atoms with Gasteiger partial charge in [0.2, 0.25) is 5.91 Å². The zero-order chi connectivity index (χ0) is 17.3. The van der Waals surface area contributed by atoms with Crippen LogP contribution in [0.3, 0.4) is 0 Å². The summed E-state index contributed by atoms with van der Waals surface area (Å²) in [5, 5.41) is 6.17. The van der Waals surface area contributed by atoms with Crippen LogP contribution < -0.4 is 10.6 Å². The fourth-order valence-electron chi connectivity index (χ4n) is 2.95. The maximum Gasteiger partial charge on any atom is 0.416 e. The molecule has 0 aliphatic carbocycles. The second kappa shape index (κ2) is 6.43. The number of halogens is 3. The molecular formula is C16H19F3N4O. The van der Waals surface area contributed by atoms with Gasteiger partial charge in [-0.05, 0) is 31.0 Å². The Labute approximate surface area is 137 Å². The quantitative estimate of drug-likeness (QED) is 0.902. The SMILES string of the molecule is Cn1c(CN[C@@H]2CCNC(=O)CC2)nc2cc(C(F)(F)F)ccc21. The number of hydrogen-bond donors (Lipinski definition) is 2. The summed E-state index contributed by atoms with van der Waals surface area (Å²) in [5.41, 5.74) is 0.306. The number of carbonyl (C=O) groups is 1. The first-order valence-corrected chi connectivity index (χ1v) is 7.87. The van der Waals surface area contributed by atoms with Gasteiger partial charge in [0.1, 0.15) is 5.82 Å². The van der Waals surface area contributed by atoms with Crippen molar-refractivity contribution in [1.82, 2.24) is 20.2 Å². The molecule has 1 aliphatic heterocycles. The maximum absolute atomic E-state index is 12.8. The molecule has 8 heteroatoms. The number of rotatable bonds is 3. The highest BCUT2D eigenvalue weighted by atomic mass is 19.4. The van der Waals surface area contributed by atoms with E-state index in [-0.39, 0.29) is 11.9 Å². The fraction of sp³-hybridized carbons (Fsp3) is 0.500. The number of imidazole rings is 1. The number of nitrogens with zero attached hydrogens (tertiary/aromatic N) is 2. The van der Waals surface area contributed by atoms with E-state index in [2.05, 4.69) is 15.6 Å². The van der Waals surface area contributed by atoms with Crippen LogP contribution in [0.4, 0.5) is 13.2 Å². The van der Waals surface area contributed by atoms with Gasteiger partial charge in [0, 0.05) is 26.1 Å². The van der Waals surface area contributed by atoms with Gasteiger partial charge in [-0.15, -0.1) is 0 Å². The van der Waals surface area contributed by atoms with Crippen molar-refractivity contribution in [2.45, 2.75) is 38.0 Å². The Morgan fingerprint density at radius 2 is 2.17 bits per heavy atom. The Balaban J connectivity index is 1.75. The van der Waals surface area contributed by atoms with Crippen LogP contribution in [0.2, 0.25) is 0 Å². The van der Waals surface area contributed by atoms with Crippen LogP contribution in [0, 0.1) is 0 Å². The van der Waals surface area contributed by atoms with Gasteiger partial charge >= 0.3 is 6.18 Å². The lowest BCUT2D eigenvalue weighted by molar-refractivity contribution is -0.137. The summed E-state index contributed by atoms with van der Waals surface area (Å²) in [6.45, 7) is 1.08. The van der Waals surface area contributed by atoms with Crippen molar-refractivity contribution in [3.8, 4) is 0 Å². The smallest absolute Gasteiger partial charge is 0.356 e. The fourth-order valence-corrected chi connectivity index (χ4v) is 2.95. The average molecular weight is 340 g/mol. The summed E-state index contributed by atoms with van der Waals surface area (Å²) in [6, 6.07) is 3.79. The third-order valence-corrected chi connectivity index (χ3v) is 4.38. The monoisotopic (exact) mass is 340 g/mol. The molecule has 3 rings (SSSR count).